The minimum Gasteiger partial charge on any atom is -0.477 e. The Hall–Kier alpha value is -1.28. The van der Waals surface area contributed by atoms with Crippen molar-refractivity contribution in [3.05, 3.63) is 29.6 Å². The number of carboxylic acids is 1. The van der Waals surface area contributed by atoms with Crippen LogP contribution in [0.2, 0.25) is 0 Å². The van der Waals surface area contributed by atoms with Gasteiger partial charge in [-0.3, -0.25) is 0 Å². The normalized spacial score (nSPS) is 11.5. The van der Waals surface area contributed by atoms with E-state index in [4.69, 9.17) is 5.11 Å². The molecule has 0 aliphatic heterocycles. The Kier molecular flexibility index (Phi) is 5.42. The fourth-order valence-electron chi connectivity index (χ4n) is 1.15. The number of hydrogen-bond acceptors (Lipinski definition) is 4. The lowest BCUT2D eigenvalue weighted by atomic mass is 10.3. The highest BCUT2D eigenvalue weighted by Crippen LogP contribution is 2.29. The molecule has 0 aliphatic carbocycles. The Labute approximate surface area is 106 Å². The van der Waals surface area contributed by atoms with Crippen LogP contribution in [-0.4, -0.2) is 33.9 Å². The Bertz CT molecular complexity index is 412. The molecule has 0 aromatic carbocycles. The van der Waals surface area contributed by atoms with Crippen molar-refractivity contribution in [3.63, 3.8) is 0 Å². The van der Waals surface area contributed by atoms with Gasteiger partial charge in [-0.15, -0.1) is 0 Å². The molecule has 0 fully saturated rings. The minimum absolute atomic E-state index is 0.0843. The monoisotopic (exact) mass is 280 g/mol. The maximum Gasteiger partial charge on any atom is 0.441 e. The van der Waals surface area contributed by atoms with E-state index in [9.17, 15) is 18.0 Å². The van der Waals surface area contributed by atoms with Crippen molar-refractivity contribution in [2.24, 2.45) is 0 Å². The van der Waals surface area contributed by atoms with Gasteiger partial charge in [-0.2, -0.15) is 13.2 Å². The number of pyridine rings is 1. The number of aromatic nitrogens is 1. The third-order valence-electron chi connectivity index (χ3n) is 1.88. The number of hydrogen-bond donors (Lipinski definition) is 2. The van der Waals surface area contributed by atoms with Crippen LogP contribution in [0.15, 0.2) is 18.2 Å². The summed E-state index contributed by atoms with van der Waals surface area (Å²) in [5.74, 6) is -1.23. The summed E-state index contributed by atoms with van der Waals surface area (Å²) < 4.78 is 35.4. The Balaban J connectivity index is 2.31. The maximum absolute atomic E-state index is 11.8. The summed E-state index contributed by atoms with van der Waals surface area (Å²) in [6.07, 6.45) is 0. The molecule has 0 aliphatic rings. The summed E-state index contributed by atoms with van der Waals surface area (Å²) in [6, 6.07) is 4.50. The van der Waals surface area contributed by atoms with Gasteiger partial charge in [-0.1, -0.05) is 6.07 Å². The first-order valence-electron chi connectivity index (χ1n) is 4.99. The second kappa shape index (κ2) is 6.60. The highest BCUT2D eigenvalue weighted by Gasteiger charge is 2.27. The first-order chi connectivity index (χ1) is 8.38. The summed E-state index contributed by atoms with van der Waals surface area (Å²) in [5, 5.41) is 11.5. The highest BCUT2D eigenvalue weighted by molar-refractivity contribution is 8.00. The zero-order valence-electron chi connectivity index (χ0n) is 9.20. The summed E-state index contributed by atoms with van der Waals surface area (Å²) in [6.45, 7) is 0.405. The average Bonchev–Trinajstić information content (AvgIpc) is 2.27. The molecule has 1 rings (SSSR count). The number of nitrogens with zero attached hydrogens (tertiary/aromatic N) is 1. The van der Waals surface area contributed by atoms with E-state index < -0.39 is 11.5 Å². The van der Waals surface area contributed by atoms with E-state index in [1.54, 1.807) is 6.07 Å². The number of carbonyl (C=O) groups is 1. The molecular weight excluding hydrogens is 269 g/mol. The number of thioether (sulfide) groups is 1. The number of aromatic carboxylic acids is 1. The largest absolute Gasteiger partial charge is 0.477 e. The molecule has 1 heterocycles. The first-order valence-corrected chi connectivity index (χ1v) is 5.97. The van der Waals surface area contributed by atoms with Crippen molar-refractivity contribution in [3.8, 4) is 0 Å². The third-order valence-corrected chi connectivity index (χ3v) is 2.61. The molecular formula is C10H11F3N2O2S. The van der Waals surface area contributed by atoms with Crippen LogP contribution >= 0.6 is 11.8 Å². The van der Waals surface area contributed by atoms with Gasteiger partial charge in [-0.05, 0) is 23.9 Å². The third kappa shape index (κ3) is 5.87. The smallest absolute Gasteiger partial charge is 0.441 e. The molecule has 8 heteroatoms. The van der Waals surface area contributed by atoms with Crippen molar-refractivity contribution in [1.29, 1.82) is 0 Å². The predicted octanol–water partition coefficient (Wildman–Crippen LogP) is 2.12. The molecule has 1 aromatic heterocycles. The lowest BCUT2D eigenvalue weighted by molar-refractivity contribution is -0.0327. The molecule has 0 atom stereocenters. The van der Waals surface area contributed by atoms with E-state index in [-0.39, 0.29) is 36.3 Å². The minimum atomic E-state index is -4.22. The first kappa shape index (κ1) is 14.8. The van der Waals surface area contributed by atoms with Crippen LogP contribution in [0, 0.1) is 0 Å². The number of carboxylic acid groups (broad SMARTS) is 1. The van der Waals surface area contributed by atoms with Crippen LogP contribution in [0.1, 0.15) is 16.2 Å². The Morgan fingerprint density at radius 1 is 1.44 bits per heavy atom. The van der Waals surface area contributed by atoms with Crippen molar-refractivity contribution in [2.75, 3.05) is 12.3 Å². The Morgan fingerprint density at radius 3 is 2.78 bits per heavy atom. The van der Waals surface area contributed by atoms with Crippen molar-refractivity contribution in [2.45, 2.75) is 12.1 Å². The van der Waals surface area contributed by atoms with Crippen LogP contribution in [-0.2, 0) is 6.54 Å². The second-order valence-corrected chi connectivity index (χ2v) is 4.45. The van der Waals surface area contributed by atoms with Crippen LogP contribution in [0.25, 0.3) is 0 Å². The predicted molar refractivity (Wildman–Crippen MR) is 61.4 cm³/mol. The molecule has 0 saturated heterocycles. The summed E-state index contributed by atoms with van der Waals surface area (Å²) >= 11 is -0.100. The van der Waals surface area contributed by atoms with Gasteiger partial charge >= 0.3 is 11.5 Å². The number of rotatable bonds is 6. The van der Waals surface area contributed by atoms with Gasteiger partial charge in [0.25, 0.3) is 0 Å². The molecule has 0 amide bonds. The lowest BCUT2D eigenvalue weighted by Gasteiger charge is -2.06. The number of nitrogens with one attached hydrogen (secondary N) is 1. The molecule has 1 aromatic rings. The summed E-state index contributed by atoms with van der Waals surface area (Å²) in [7, 11) is 0. The SMILES string of the molecule is O=C(O)c1cccc(CNCCSC(F)(F)F)n1. The van der Waals surface area contributed by atoms with Gasteiger partial charge in [-0.25, -0.2) is 9.78 Å². The van der Waals surface area contributed by atoms with E-state index in [1.807, 2.05) is 0 Å². The van der Waals surface area contributed by atoms with Crippen LogP contribution in [0.4, 0.5) is 13.2 Å². The number of alkyl halides is 3. The zero-order valence-corrected chi connectivity index (χ0v) is 10.0. The molecule has 0 saturated carbocycles. The standard InChI is InChI=1S/C10H11F3N2O2S/c11-10(12,13)18-5-4-14-6-7-2-1-3-8(15-7)9(16)17/h1-3,14H,4-6H2,(H,16,17). The van der Waals surface area contributed by atoms with Crippen LogP contribution in [0.5, 0.6) is 0 Å². The molecule has 0 unspecified atom stereocenters. The fourth-order valence-corrected chi connectivity index (χ4v) is 1.63. The molecule has 18 heavy (non-hydrogen) atoms. The van der Waals surface area contributed by atoms with E-state index >= 15 is 0 Å². The van der Waals surface area contributed by atoms with Gasteiger partial charge in [0.15, 0.2) is 0 Å². The second-order valence-electron chi connectivity index (χ2n) is 3.29. The van der Waals surface area contributed by atoms with E-state index in [2.05, 4.69) is 10.3 Å². The maximum atomic E-state index is 11.8. The van der Waals surface area contributed by atoms with E-state index in [0.29, 0.717) is 5.69 Å². The quantitative estimate of drug-likeness (QED) is 0.782. The fraction of sp³-hybridized carbons (Fsp3) is 0.400. The van der Waals surface area contributed by atoms with Crippen LogP contribution in [0.3, 0.4) is 0 Å². The number of halogens is 3. The molecule has 0 spiro atoms. The van der Waals surface area contributed by atoms with Gasteiger partial charge in [0.1, 0.15) is 5.69 Å². The van der Waals surface area contributed by atoms with Crippen molar-refractivity contribution in [1.82, 2.24) is 10.3 Å². The molecule has 2 N–H and O–H groups in total. The lowest BCUT2D eigenvalue weighted by Crippen LogP contribution is -2.19. The molecule has 0 bridgehead atoms. The van der Waals surface area contributed by atoms with Crippen LogP contribution < -0.4 is 5.32 Å². The average molecular weight is 280 g/mol. The van der Waals surface area contributed by atoms with Crippen molar-refractivity contribution >= 4 is 17.7 Å². The molecule has 0 radical (unpaired) electrons. The molecule has 4 nitrogen and oxygen atoms in total. The zero-order chi connectivity index (χ0) is 13.6. The van der Waals surface area contributed by atoms with Gasteiger partial charge in [0.2, 0.25) is 0 Å². The topological polar surface area (TPSA) is 62.2 Å². The van der Waals surface area contributed by atoms with Crippen molar-refractivity contribution < 1.29 is 23.1 Å². The summed E-state index contributed by atoms with van der Waals surface area (Å²) in [4.78, 5) is 14.5. The van der Waals surface area contributed by atoms with Gasteiger partial charge in [0, 0.05) is 18.8 Å². The van der Waals surface area contributed by atoms with Gasteiger partial charge < -0.3 is 10.4 Å². The van der Waals surface area contributed by atoms with E-state index in [0.717, 1.165) is 0 Å². The Morgan fingerprint density at radius 2 is 2.17 bits per heavy atom. The van der Waals surface area contributed by atoms with Gasteiger partial charge in [0.05, 0.1) is 5.69 Å². The highest BCUT2D eigenvalue weighted by atomic mass is 32.2. The molecule has 100 valence electrons. The summed E-state index contributed by atoms with van der Waals surface area (Å²) in [5.41, 5.74) is -3.82. The van der Waals surface area contributed by atoms with E-state index in [1.165, 1.54) is 12.1 Å².